The van der Waals surface area contributed by atoms with Crippen molar-refractivity contribution in [3.05, 3.63) is 35.4 Å². The molecule has 3 N–H and O–H groups in total. The van der Waals surface area contributed by atoms with E-state index in [9.17, 15) is 4.79 Å². The number of thioether (sulfide) groups is 1. The number of nitrogens with one attached hydrogen (secondary N) is 1. The molecule has 0 saturated carbocycles. The molecule has 1 fully saturated rings. The van der Waals surface area contributed by atoms with Crippen LogP contribution in [0, 0.1) is 0 Å². The van der Waals surface area contributed by atoms with Gasteiger partial charge in [-0.2, -0.15) is 11.8 Å². The number of carbonyl (C=O) groups excluding carboxylic acids is 1. The summed E-state index contributed by atoms with van der Waals surface area (Å²) < 4.78 is 0.236. The molecule has 1 aromatic rings. The lowest BCUT2D eigenvalue weighted by Crippen LogP contribution is -2.50. The van der Waals surface area contributed by atoms with Gasteiger partial charge < -0.3 is 16.0 Å². The number of amides is 1. The van der Waals surface area contributed by atoms with E-state index in [-0.39, 0.29) is 28.7 Å². The van der Waals surface area contributed by atoms with Crippen molar-refractivity contribution >= 4 is 47.6 Å². The number of hydrogen-bond acceptors (Lipinski definition) is 3. The molecule has 2 rings (SSSR count). The highest BCUT2D eigenvalue weighted by Crippen LogP contribution is 2.29. The van der Waals surface area contributed by atoms with E-state index in [4.69, 9.17) is 10.7 Å². The van der Waals surface area contributed by atoms with Gasteiger partial charge >= 0.3 is 0 Å². The molecule has 0 bridgehead atoms. The molecule has 1 aliphatic rings. The summed E-state index contributed by atoms with van der Waals surface area (Å²) in [4.78, 5) is 18.3. The van der Waals surface area contributed by atoms with Gasteiger partial charge in [0.1, 0.15) is 0 Å². The second-order valence-corrected chi connectivity index (χ2v) is 8.07. The zero-order chi connectivity index (χ0) is 16.9. The number of halogens is 1. The van der Waals surface area contributed by atoms with Crippen molar-refractivity contribution in [2.75, 3.05) is 25.4 Å². The topological polar surface area (TPSA) is 70.7 Å². The van der Waals surface area contributed by atoms with Crippen LogP contribution in [-0.4, -0.2) is 46.9 Å². The van der Waals surface area contributed by atoms with E-state index in [1.807, 2.05) is 30.0 Å². The summed E-state index contributed by atoms with van der Waals surface area (Å²) in [6.45, 7) is 9.96. The lowest BCUT2D eigenvalue weighted by atomic mass is 10.1. The predicted octanol–water partition coefficient (Wildman–Crippen LogP) is 2.70. The first kappa shape index (κ1) is 21.1. The van der Waals surface area contributed by atoms with Gasteiger partial charge in [-0.3, -0.25) is 4.79 Å². The fourth-order valence-electron chi connectivity index (χ4n) is 2.61. The molecule has 1 aromatic carbocycles. The maximum absolute atomic E-state index is 11.3. The summed E-state index contributed by atoms with van der Waals surface area (Å²) in [5, 5.41) is 3.37. The fraction of sp³-hybridized carbons (Fsp3) is 0.529. The van der Waals surface area contributed by atoms with E-state index in [0.717, 1.165) is 36.9 Å². The zero-order valence-corrected chi connectivity index (χ0v) is 17.7. The van der Waals surface area contributed by atoms with Crippen LogP contribution in [0.4, 0.5) is 0 Å². The highest BCUT2D eigenvalue weighted by Gasteiger charge is 2.28. The Hall–Kier alpha value is -0.960. The average Bonchev–Trinajstić information content (AvgIpc) is 2.50. The minimum atomic E-state index is -0.405. The van der Waals surface area contributed by atoms with E-state index >= 15 is 0 Å². The van der Waals surface area contributed by atoms with Gasteiger partial charge in [0.05, 0.1) is 6.54 Å². The number of aliphatic imine (C=N–C) groups is 1. The van der Waals surface area contributed by atoms with Crippen LogP contribution in [-0.2, 0) is 6.54 Å². The van der Waals surface area contributed by atoms with Crippen LogP contribution in [0.25, 0.3) is 0 Å². The third-order valence-corrected chi connectivity index (χ3v) is 4.98. The van der Waals surface area contributed by atoms with Gasteiger partial charge in [-0.15, -0.1) is 24.0 Å². The molecule has 1 aliphatic heterocycles. The molecule has 134 valence electrons. The standard InChI is InChI=1S/C17H26N4OS.HI/c1-4-19-16(21-8-9-23-17(2,3)12-21)20-11-13-6-5-7-14(10-13)15(18)22;/h5-7,10H,4,8-9,11-12H2,1-3H3,(H2,18,22)(H,19,20);1H. The van der Waals surface area contributed by atoms with E-state index in [1.165, 1.54) is 0 Å². The summed E-state index contributed by atoms with van der Waals surface area (Å²) in [6.07, 6.45) is 0. The Morgan fingerprint density at radius 3 is 2.83 bits per heavy atom. The zero-order valence-electron chi connectivity index (χ0n) is 14.5. The minimum Gasteiger partial charge on any atom is -0.366 e. The molecule has 1 amide bonds. The molecule has 24 heavy (non-hydrogen) atoms. The smallest absolute Gasteiger partial charge is 0.248 e. The third kappa shape index (κ3) is 6.16. The third-order valence-electron chi connectivity index (χ3n) is 3.68. The normalized spacial score (nSPS) is 17.1. The Kier molecular flexibility index (Phi) is 8.35. The van der Waals surface area contributed by atoms with Gasteiger partial charge in [0.25, 0.3) is 0 Å². The number of nitrogens with zero attached hydrogens (tertiary/aromatic N) is 2. The van der Waals surface area contributed by atoms with Crippen molar-refractivity contribution in [3.63, 3.8) is 0 Å². The van der Waals surface area contributed by atoms with E-state index < -0.39 is 5.91 Å². The largest absolute Gasteiger partial charge is 0.366 e. The summed E-state index contributed by atoms with van der Waals surface area (Å²) in [6, 6.07) is 7.35. The molecule has 0 unspecified atom stereocenters. The number of primary amides is 1. The van der Waals surface area contributed by atoms with E-state index in [0.29, 0.717) is 12.1 Å². The summed E-state index contributed by atoms with van der Waals surface area (Å²) in [5.41, 5.74) is 6.85. The second-order valence-electron chi connectivity index (χ2n) is 6.26. The lowest BCUT2D eigenvalue weighted by molar-refractivity contribution is 0.1000. The maximum atomic E-state index is 11.3. The van der Waals surface area contributed by atoms with Gasteiger partial charge in [0.15, 0.2) is 5.96 Å². The Morgan fingerprint density at radius 1 is 1.46 bits per heavy atom. The fourth-order valence-corrected chi connectivity index (χ4v) is 3.72. The minimum absolute atomic E-state index is 0. The molecular weight excluding hydrogens is 435 g/mol. The molecule has 7 heteroatoms. The molecule has 1 saturated heterocycles. The predicted molar refractivity (Wildman–Crippen MR) is 113 cm³/mol. The number of hydrogen-bond donors (Lipinski definition) is 2. The van der Waals surface area contributed by atoms with Crippen molar-refractivity contribution < 1.29 is 4.79 Å². The number of benzene rings is 1. The molecule has 0 radical (unpaired) electrons. The van der Waals surface area contributed by atoms with Gasteiger partial charge in [-0.1, -0.05) is 12.1 Å². The lowest BCUT2D eigenvalue weighted by Gasteiger charge is -2.39. The van der Waals surface area contributed by atoms with Crippen molar-refractivity contribution in [2.45, 2.75) is 32.1 Å². The SMILES string of the molecule is CCNC(=NCc1cccc(C(N)=O)c1)N1CCSC(C)(C)C1.I. The number of rotatable bonds is 4. The number of carbonyl (C=O) groups is 1. The van der Waals surface area contributed by atoms with Crippen LogP contribution < -0.4 is 11.1 Å². The second kappa shape index (κ2) is 9.50. The van der Waals surface area contributed by atoms with E-state index in [2.05, 4.69) is 31.0 Å². The molecule has 1 heterocycles. The molecule has 0 aromatic heterocycles. The van der Waals surface area contributed by atoms with Gasteiger partial charge in [-0.05, 0) is 38.5 Å². The molecular formula is C17H27IN4OS. The maximum Gasteiger partial charge on any atom is 0.248 e. The quantitative estimate of drug-likeness (QED) is 0.410. The average molecular weight is 462 g/mol. The van der Waals surface area contributed by atoms with Crippen LogP contribution in [0.3, 0.4) is 0 Å². The van der Waals surface area contributed by atoms with Crippen LogP contribution >= 0.6 is 35.7 Å². The van der Waals surface area contributed by atoms with E-state index in [1.54, 1.807) is 6.07 Å². The van der Waals surface area contributed by atoms with Crippen LogP contribution in [0.2, 0.25) is 0 Å². The first-order valence-electron chi connectivity index (χ1n) is 7.97. The van der Waals surface area contributed by atoms with Crippen molar-refractivity contribution in [1.29, 1.82) is 0 Å². The summed E-state index contributed by atoms with van der Waals surface area (Å²) in [5.74, 6) is 1.64. The Morgan fingerprint density at radius 2 is 2.21 bits per heavy atom. The Balaban J connectivity index is 0.00000288. The summed E-state index contributed by atoms with van der Waals surface area (Å²) in [7, 11) is 0. The van der Waals surface area contributed by atoms with Crippen molar-refractivity contribution in [2.24, 2.45) is 10.7 Å². The van der Waals surface area contributed by atoms with Crippen molar-refractivity contribution in [3.8, 4) is 0 Å². The molecule has 0 spiro atoms. The number of guanidine groups is 1. The van der Waals surface area contributed by atoms with Gasteiger partial charge in [0, 0.05) is 35.7 Å². The Bertz CT molecular complexity index is 592. The van der Waals surface area contributed by atoms with Crippen molar-refractivity contribution in [1.82, 2.24) is 10.2 Å². The molecule has 0 atom stereocenters. The number of nitrogens with two attached hydrogens (primary N) is 1. The first-order chi connectivity index (χ1) is 10.9. The highest BCUT2D eigenvalue weighted by atomic mass is 127. The monoisotopic (exact) mass is 462 g/mol. The Labute approximate surface area is 165 Å². The van der Waals surface area contributed by atoms with Crippen LogP contribution in [0.5, 0.6) is 0 Å². The molecule has 0 aliphatic carbocycles. The van der Waals surface area contributed by atoms with Gasteiger partial charge in [0.2, 0.25) is 5.91 Å². The van der Waals surface area contributed by atoms with Crippen LogP contribution in [0.1, 0.15) is 36.7 Å². The van der Waals surface area contributed by atoms with Crippen LogP contribution in [0.15, 0.2) is 29.3 Å². The highest BCUT2D eigenvalue weighted by molar-refractivity contribution is 14.0. The van der Waals surface area contributed by atoms with Gasteiger partial charge in [-0.25, -0.2) is 4.99 Å². The summed E-state index contributed by atoms with van der Waals surface area (Å²) >= 11 is 2.00. The first-order valence-corrected chi connectivity index (χ1v) is 8.96. The molecule has 5 nitrogen and oxygen atoms in total.